The highest BCUT2D eigenvalue weighted by Gasteiger charge is 2.42. The molecule has 184 valence electrons. The number of aryl methyl sites for hydroxylation is 1. The average Bonchev–Trinajstić information content (AvgIpc) is 3.25. The number of amidine groups is 1. The minimum atomic E-state index is -0.492. The summed E-state index contributed by atoms with van der Waals surface area (Å²) in [5.74, 6) is -0.491. The summed E-state index contributed by atoms with van der Waals surface area (Å²) in [6.07, 6.45) is 0.956. The molecule has 0 radical (unpaired) electrons. The highest BCUT2D eigenvalue weighted by Crippen LogP contribution is 2.32. The van der Waals surface area contributed by atoms with Crippen LogP contribution in [0.5, 0.6) is 0 Å². The van der Waals surface area contributed by atoms with Crippen LogP contribution in [0, 0.1) is 18.7 Å². The van der Waals surface area contributed by atoms with Crippen LogP contribution in [0.2, 0.25) is 5.02 Å². The summed E-state index contributed by atoms with van der Waals surface area (Å²) in [7, 11) is 0. The molecule has 3 heterocycles. The van der Waals surface area contributed by atoms with E-state index in [0.29, 0.717) is 27.7 Å². The number of aliphatic imine (C=N–C) groups is 2. The summed E-state index contributed by atoms with van der Waals surface area (Å²) in [5.41, 5.74) is 9.07. The van der Waals surface area contributed by atoms with Gasteiger partial charge in [-0.3, -0.25) is 14.4 Å². The molecule has 0 aliphatic carbocycles. The average molecular weight is 513 g/mol. The molecule has 1 aromatic heterocycles. The van der Waals surface area contributed by atoms with Crippen molar-refractivity contribution >= 4 is 40.3 Å². The number of para-hydroxylation sites is 1. The second-order valence-electron chi connectivity index (χ2n) is 9.07. The molecule has 2 unspecified atom stereocenters. The van der Waals surface area contributed by atoms with Crippen molar-refractivity contribution < 1.29 is 4.39 Å². The summed E-state index contributed by atoms with van der Waals surface area (Å²) in [6, 6.07) is 21.2. The van der Waals surface area contributed by atoms with E-state index in [1.165, 1.54) is 17.0 Å². The molecule has 3 aromatic carbocycles. The number of aromatic nitrogens is 1. The molecule has 2 aliphatic rings. The first-order valence-corrected chi connectivity index (χ1v) is 12.2. The molecule has 9 heteroatoms. The molecule has 2 aliphatic heterocycles. The number of hydrazone groups is 1. The Morgan fingerprint density at radius 2 is 1.86 bits per heavy atom. The Bertz CT molecular complexity index is 1710. The number of benzene rings is 3. The number of hydrogen-bond acceptors (Lipinski definition) is 6. The van der Waals surface area contributed by atoms with Crippen molar-refractivity contribution in [3.63, 3.8) is 0 Å². The SMILES string of the molecule is Cc1cccc2cc(CN3N=C(c4cccc(Cl)c4)C4C(N)=NC=NC43)n(-c3ccccc3F)c(=O)c12. The number of nitrogens with two attached hydrogens (primary N) is 1. The van der Waals surface area contributed by atoms with Crippen LogP contribution in [0.4, 0.5) is 4.39 Å². The number of halogens is 2. The van der Waals surface area contributed by atoms with E-state index in [0.717, 1.165) is 16.5 Å². The van der Waals surface area contributed by atoms with Crippen LogP contribution in [0.1, 0.15) is 16.8 Å². The van der Waals surface area contributed by atoms with Gasteiger partial charge >= 0.3 is 0 Å². The van der Waals surface area contributed by atoms with Crippen molar-refractivity contribution in [2.24, 2.45) is 26.7 Å². The molecule has 37 heavy (non-hydrogen) atoms. The zero-order valence-electron chi connectivity index (χ0n) is 19.8. The van der Waals surface area contributed by atoms with Crippen LogP contribution < -0.4 is 11.3 Å². The second-order valence-corrected chi connectivity index (χ2v) is 9.51. The van der Waals surface area contributed by atoms with Gasteiger partial charge in [-0.1, -0.05) is 54.1 Å². The van der Waals surface area contributed by atoms with Gasteiger partial charge in [0, 0.05) is 16.3 Å². The largest absolute Gasteiger partial charge is 0.386 e. The molecule has 0 saturated heterocycles. The van der Waals surface area contributed by atoms with Gasteiger partial charge in [0.15, 0.2) is 6.17 Å². The van der Waals surface area contributed by atoms with Gasteiger partial charge in [0.2, 0.25) is 0 Å². The van der Waals surface area contributed by atoms with E-state index in [1.807, 2.05) is 49.4 Å². The van der Waals surface area contributed by atoms with E-state index in [-0.39, 0.29) is 23.7 Å². The van der Waals surface area contributed by atoms with E-state index < -0.39 is 12.0 Å². The zero-order chi connectivity index (χ0) is 25.7. The van der Waals surface area contributed by atoms with Crippen LogP contribution >= 0.6 is 11.6 Å². The smallest absolute Gasteiger partial charge is 0.263 e. The maximum atomic E-state index is 15.0. The van der Waals surface area contributed by atoms with Crippen molar-refractivity contribution in [1.82, 2.24) is 9.58 Å². The van der Waals surface area contributed by atoms with Crippen LogP contribution in [0.25, 0.3) is 16.5 Å². The van der Waals surface area contributed by atoms with Gasteiger partial charge in [-0.25, -0.2) is 14.4 Å². The monoisotopic (exact) mass is 512 g/mol. The molecule has 0 bridgehead atoms. The fourth-order valence-electron chi connectivity index (χ4n) is 5.06. The summed E-state index contributed by atoms with van der Waals surface area (Å²) in [4.78, 5) is 22.6. The Morgan fingerprint density at radius 3 is 2.68 bits per heavy atom. The summed E-state index contributed by atoms with van der Waals surface area (Å²) >= 11 is 6.26. The van der Waals surface area contributed by atoms with E-state index >= 15 is 4.39 Å². The Hall–Kier alpha value is -4.30. The number of fused-ring (bicyclic) bond motifs is 2. The lowest BCUT2D eigenvalue weighted by molar-refractivity contribution is 0.210. The lowest BCUT2D eigenvalue weighted by Gasteiger charge is -2.27. The van der Waals surface area contributed by atoms with Gasteiger partial charge in [0.1, 0.15) is 23.9 Å². The van der Waals surface area contributed by atoms with E-state index in [4.69, 9.17) is 22.4 Å². The van der Waals surface area contributed by atoms with Gasteiger partial charge in [-0.2, -0.15) is 5.10 Å². The molecular weight excluding hydrogens is 491 g/mol. The van der Waals surface area contributed by atoms with E-state index in [9.17, 15) is 4.79 Å². The molecule has 0 fully saturated rings. The predicted molar refractivity (Wildman–Crippen MR) is 145 cm³/mol. The molecular formula is C28H22ClFN6O. The Morgan fingerprint density at radius 1 is 1.05 bits per heavy atom. The summed E-state index contributed by atoms with van der Waals surface area (Å²) in [6.45, 7) is 2.06. The molecule has 0 saturated carbocycles. The fraction of sp³-hybridized carbons (Fsp3) is 0.143. The van der Waals surface area contributed by atoms with Crippen molar-refractivity contribution in [1.29, 1.82) is 0 Å². The molecule has 2 atom stereocenters. The fourth-order valence-corrected chi connectivity index (χ4v) is 5.25. The maximum Gasteiger partial charge on any atom is 0.263 e. The van der Waals surface area contributed by atoms with Crippen molar-refractivity contribution in [3.05, 3.63) is 111 Å². The van der Waals surface area contributed by atoms with Gasteiger partial charge < -0.3 is 5.73 Å². The Labute approximate surface area is 217 Å². The number of pyridine rings is 1. The molecule has 7 nitrogen and oxygen atoms in total. The van der Waals surface area contributed by atoms with Crippen LogP contribution in [0.15, 0.2) is 92.7 Å². The topological polar surface area (TPSA) is 88.3 Å². The van der Waals surface area contributed by atoms with Crippen molar-refractivity contribution in [2.75, 3.05) is 0 Å². The number of hydrogen-bond donors (Lipinski definition) is 1. The highest BCUT2D eigenvalue weighted by molar-refractivity contribution is 6.31. The van der Waals surface area contributed by atoms with Crippen LogP contribution in [-0.4, -0.2) is 33.6 Å². The summed E-state index contributed by atoms with van der Waals surface area (Å²) < 4.78 is 16.4. The molecule has 4 aromatic rings. The standard InChI is InChI=1S/C28H22ClFN6O/c1-16-6-4-7-17-13-20(36(28(37)23(16)17)22-11-3-2-10-21(22)30)14-35-27-24(26(31)32-15-33-27)25(34-35)18-8-5-9-19(29)12-18/h2-13,15,24,27H,14H2,1H3,(H2,31,32,33). The maximum absolute atomic E-state index is 15.0. The van der Waals surface area contributed by atoms with E-state index in [1.54, 1.807) is 29.3 Å². The van der Waals surface area contributed by atoms with Crippen molar-refractivity contribution in [3.8, 4) is 5.69 Å². The second kappa shape index (κ2) is 8.97. The molecule has 0 spiro atoms. The number of nitrogens with zero attached hydrogens (tertiary/aromatic N) is 5. The van der Waals surface area contributed by atoms with Gasteiger partial charge in [-0.05, 0) is 48.2 Å². The van der Waals surface area contributed by atoms with Crippen molar-refractivity contribution in [2.45, 2.75) is 19.6 Å². The Balaban J connectivity index is 1.53. The molecule has 2 N–H and O–H groups in total. The highest BCUT2D eigenvalue weighted by atomic mass is 35.5. The first-order valence-electron chi connectivity index (χ1n) is 11.8. The van der Waals surface area contributed by atoms with Gasteiger partial charge in [0.05, 0.1) is 23.3 Å². The third kappa shape index (κ3) is 3.90. The Kier molecular flexibility index (Phi) is 5.61. The minimum absolute atomic E-state index is 0.177. The normalized spacial score (nSPS) is 18.6. The predicted octanol–water partition coefficient (Wildman–Crippen LogP) is 4.65. The zero-order valence-corrected chi connectivity index (χ0v) is 20.6. The number of rotatable bonds is 4. The van der Waals surface area contributed by atoms with Gasteiger partial charge in [-0.15, -0.1) is 0 Å². The quantitative estimate of drug-likeness (QED) is 0.431. The van der Waals surface area contributed by atoms with Gasteiger partial charge in [0.25, 0.3) is 5.56 Å². The minimum Gasteiger partial charge on any atom is -0.386 e. The lowest BCUT2D eigenvalue weighted by Crippen LogP contribution is -2.42. The van der Waals surface area contributed by atoms with Crippen LogP contribution in [-0.2, 0) is 6.54 Å². The first kappa shape index (κ1) is 23.1. The molecule has 0 amide bonds. The third-order valence-corrected chi connectivity index (χ3v) is 6.98. The summed E-state index contributed by atoms with van der Waals surface area (Å²) in [5, 5.41) is 8.54. The van der Waals surface area contributed by atoms with Crippen LogP contribution in [0.3, 0.4) is 0 Å². The molecule has 6 rings (SSSR count). The van der Waals surface area contributed by atoms with E-state index in [2.05, 4.69) is 9.98 Å². The first-order chi connectivity index (χ1) is 17.9. The lowest BCUT2D eigenvalue weighted by atomic mass is 9.93. The third-order valence-electron chi connectivity index (χ3n) is 6.75.